The molecule has 0 radical (unpaired) electrons. The van der Waals surface area contributed by atoms with E-state index in [9.17, 15) is 18.8 Å². The van der Waals surface area contributed by atoms with E-state index in [2.05, 4.69) is 25.3 Å². The molecule has 4 aromatic rings. The topological polar surface area (TPSA) is 161 Å². The van der Waals surface area contributed by atoms with Crippen molar-refractivity contribution in [1.82, 2.24) is 24.5 Å². The van der Waals surface area contributed by atoms with Crippen molar-refractivity contribution in [1.29, 1.82) is 5.26 Å². The number of rotatable bonds is 4. The van der Waals surface area contributed by atoms with E-state index in [-0.39, 0.29) is 56.1 Å². The minimum atomic E-state index is -0.890. The number of nitrogen functional groups attached to an aromatic ring is 2. The van der Waals surface area contributed by atoms with Crippen molar-refractivity contribution in [3.8, 4) is 11.8 Å². The molecule has 172 valence electrons. The Labute approximate surface area is 195 Å². The molecule has 3 aromatic heterocycles. The quantitative estimate of drug-likeness (QED) is 0.396. The number of hydrogen-bond donors (Lipinski definition) is 3. The average Bonchev–Trinajstić information content (AvgIpc) is 2.78. The molecule has 4 rings (SSSR count). The zero-order valence-electron chi connectivity index (χ0n) is 17.8. The van der Waals surface area contributed by atoms with E-state index in [1.165, 1.54) is 19.2 Å². The highest BCUT2D eigenvalue weighted by molar-refractivity contribution is 6.35. The van der Waals surface area contributed by atoms with Crippen molar-refractivity contribution in [3.05, 3.63) is 68.5 Å². The molecule has 0 spiro atoms. The molecular weight excluding hydrogens is 468 g/mol. The molecule has 5 N–H and O–H groups in total. The number of fused-ring (bicyclic) bond motifs is 1. The molecule has 0 aliphatic carbocycles. The van der Waals surface area contributed by atoms with Gasteiger partial charge in [-0.1, -0.05) is 11.6 Å². The number of hydrogen-bond acceptors (Lipinski definition) is 9. The van der Waals surface area contributed by atoms with Gasteiger partial charge >= 0.3 is 0 Å². The number of anilines is 3. The van der Waals surface area contributed by atoms with Crippen LogP contribution in [-0.4, -0.2) is 24.5 Å². The van der Waals surface area contributed by atoms with Gasteiger partial charge in [-0.3, -0.25) is 14.3 Å². The Morgan fingerprint density at radius 2 is 1.91 bits per heavy atom. The lowest BCUT2D eigenvalue weighted by Gasteiger charge is -2.21. The fourth-order valence-electron chi connectivity index (χ4n) is 3.45. The van der Waals surface area contributed by atoms with Gasteiger partial charge < -0.3 is 16.8 Å². The molecular formula is C21H16ClF2N9O. The second kappa shape index (κ2) is 8.53. The van der Waals surface area contributed by atoms with Crippen LogP contribution in [0.4, 0.5) is 26.4 Å². The van der Waals surface area contributed by atoms with Gasteiger partial charge in [0.25, 0.3) is 5.56 Å². The lowest BCUT2D eigenvalue weighted by atomic mass is 10.1. The normalized spacial score (nSPS) is 11.9. The number of pyridine rings is 1. The maximum Gasteiger partial charge on any atom is 0.267 e. The van der Waals surface area contributed by atoms with Gasteiger partial charge in [-0.2, -0.15) is 15.2 Å². The molecule has 13 heteroatoms. The molecule has 0 saturated heterocycles. The Bertz CT molecular complexity index is 1570. The van der Waals surface area contributed by atoms with Crippen molar-refractivity contribution in [3.63, 3.8) is 0 Å². The van der Waals surface area contributed by atoms with Crippen LogP contribution in [0.5, 0.6) is 0 Å². The van der Waals surface area contributed by atoms with Gasteiger partial charge in [0.15, 0.2) is 5.82 Å². The summed E-state index contributed by atoms with van der Waals surface area (Å²) in [4.78, 5) is 29.5. The SMILES string of the molecule is Cc1c(F)cncc1-n1c(C(C)Nc2nc(N)nc(N)c2C#N)nc2c(F)ccc(Cl)c2c1=O. The first kappa shape index (κ1) is 22.8. The predicted octanol–water partition coefficient (Wildman–Crippen LogP) is 3.02. The number of nitrogens with zero attached hydrogens (tertiary/aromatic N) is 6. The first-order chi connectivity index (χ1) is 16.1. The summed E-state index contributed by atoms with van der Waals surface area (Å²) >= 11 is 6.19. The van der Waals surface area contributed by atoms with Crippen LogP contribution in [0.1, 0.15) is 29.9 Å². The standard InChI is InChI=1S/C21H16ClF2N9O/c1-8-13(24)6-28-7-14(8)33-19(30-16-12(23)4-3-11(22)15(16)20(33)34)9(2)29-18-10(5-25)17(26)31-21(27)32-18/h3-4,6-7,9H,1-2H3,(H5,26,27,29,31,32). The van der Waals surface area contributed by atoms with Gasteiger partial charge in [-0.05, 0) is 26.0 Å². The van der Waals surface area contributed by atoms with E-state index >= 15 is 0 Å². The van der Waals surface area contributed by atoms with E-state index < -0.39 is 23.2 Å². The summed E-state index contributed by atoms with van der Waals surface area (Å²) in [6.45, 7) is 3.03. The van der Waals surface area contributed by atoms with Crippen molar-refractivity contribution < 1.29 is 8.78 Å². The van der Waals surface area contributed by atoms with Crippen LogP contribution < -0.4 is 22.3 Å². The third-order valence-corrected chi connectivity index (χ3v) is 5.44. The summed E-state index contributed by atoms with van der Waals surface area (Å²) < 4.78 is 30.1. The molecule has 1 unspecified atom stereocenters. The van der Waals surface area contributed by atoms with Gasteiger partial charge in [0.2, 0.25) is 5.95 Å². The highest BCUT2D eigenvalue weighted by Crippen LogP contribution is 2.28. The van der Waals surface area contributed by atoms with Crippen LogP contribution in [-0.2, 0) is 0 Å². The van der Waals surface area contributed by atoms with E-state index in [0.717, 1.165) is 16.8 Å². The van der Waals surface area contributed by atoms with Crippen molar-refractivity contribution in [2.24, 2.45) is 0 Å². The molecule has 0 saturated carbocycles. The van der Waals surface area contributed by atoms with Crippen LogP contribution in [0.15, 0.2) is 29.3 Å². The number of benzene rings is 1. The highest BCUT2D eigenvalue weighted by atomic mass is 35.5. The number of halogens is 3. The summed E-state index contributed by atoms with van der Waals surface area (Å²) in [5.41, 5.74) is 10.5. The summed E-state index contributed by atoms with van der Waals surface area (Å²) in [7, 11) is 0. The van der Waals surface area contributed by atoms with Crippen molar-refractivity contribution in [2.75, 3.05) is 16.8 Å². The van der Waals surface area contributed by atoms with Gasteiger partial charge in [-0.15, -0.1) is 0 Å². The molecule has 34 heavy (non-hydrogen) atoms. The van der Waals surface area contributed by atoms with Crippen LogP contribution in [0.3, 0.4) is 0 Å². The molecule has 0 aliphatic heterocycles. The monoisotopic (exact) mass is 483 g/mol. The van der Waals surface area contributed by atoms with Crippen molar-refractivity contribution in [2.45, 2.75) is 19.9 Å². The first-order valence-corrected chi connectivity index (χ1v) is 10.1. The first-order valence-electron chi connectivity index (χ1n) is 9.74. The predicted molar refractivity (Wildman–Crippen MR) is 122 cm³/mol. The smallest absolute Gasteiger partial charge is 0.267 e. The molecule has 0 bridgehead atoms. The second-order valence-electron chi connectivity index (χ2n) is 7.30. The molecule has 0 fully saturated rings. The molecule has 3 heterocycles. The van der Waals surface area contributed by atoms with Gasteiger partial charge in [0.1, 0.15) is 40.4 Å². The second-order valence-corrected chi connectivity index (χ2v) is 7.70. The zero-order chi connectivity index (χ0) is 24.7. The Hall–Kier alpha value is -4.37. The minimum absolute atomic E-state index is 0.0263. The zero-order valence-corrected chi connectivity index (χ0v) is 18.5. The van der Waals surface area contributed by atoms with E-state index in [0.29, 0.717) is 0 Å². The third-order valence-electron chi connectivity index (χ3n) is 5.12. The molecule has 0 amide bonds. The van der Waals surface area contributed by atoms with E-state index in [1.54, 1.807) is 6.92 Å². The van der Waals surface area contributed by atoms with Crippen LogP contribution in [0.25, 0.3) is 16.6 Å². The van der Waals surface area contributed by atoms with Gasteiger partial charge in [-0.25, -0.2) is 13.8 Å². The summed E-state index contributed by atoms with van der Waals surface area (Å²) in [5.74, 6) is -1.85. The highest BCUT2D eigenvalue weighted by Gasteiger charge is 2.24. The molecule has 1 aromatic carbocycles. The summed E-state index contributed by atoms with van der Waals surface area (Å²) in [6, 6.07) is 3.30. The fraction of sp³-hybridized carbons (Fsp3) is 0.143. The number of aromatic nitrogens is 5. The molecule has 1 atom stereocenters. The van der Waals surface area contributed by atoms with Crippen LogP contribution in [0, 0.1) is 29.9 Å². The molecule has 0 aliphatic rings. The molecule has 10 nitrogen and oxygen atoms in total. The number of nitrogens with two attached hydrogens (primary N) is 2. The lowest BCUT2D eigenvalue weighted by Crippen LogP contribution is -2.29. The van der Waals surface area contributed by atoms with E-state index in [4.69, 9.17) is 23.1 Å². The Morgan fingerprint density at radius 3 is 2.62 bits per heavy atom. The van der Waals surface area contributed by atoms with Crippen LogP contribution >= 0.6 is 11.6 Å². The van der Waals surface area contributed by atoms with Gasteiger partial charge in [0, 0.05) is 5.56 Å². The maximum atomic E-state index is 14.7. The van der Waals surface area contributed by atoms with Crippen LogP contribution in [0.2, 0.25) is 5.02 Å². The third kappa shape index (κ3) is 3.71. The largest absolute Gasteiger partial charge is 0.382 e. The maximum absolute atomic E-state index is 14.7. The Balaban J connectivity index is 2.02. The number of nitrogens with one attached hydrogen (secondary N) is 1. The van der Waals surface area contributed by atoms with E-state index in [1.807, 2.05) is 6.07 Å². The van der Waals surface area contributed by atoms with Gasteiger partial charge in [0.05, 0.1) is 34.5 Å². The summed E-state index contributed by atoms with van der Waals surface area (Å²) in [6.07, 6.45) is 2.27. The summed E-state index contributed by atoms with van der Waals surface area (Å²) in [5, 5.41) is 12.1. The number of nitriles is 1. The minimum Gasteiger partial charge on any atom is -0.382 e. The Morgan fingerprint density at radius 1 is 1.18 bits per heavy atom. The van der Waals surface area contributed by atoms with Crippen molar-refractivity contribution >= 4 is 40.1 Å². The lowest BCUT2D eigenvalue weighted by molar-refractivity contribution is 0.606. The fourth-order valence-corrected chi connectivity index (χ4v) is 3.69. The Kier molecular flexibility index (Phi) is 5.72. The average molecular weight is 484 g/mol.